The van der Waals surface area contributed by atoms with Crippen LogP contribution in [-0.2, 0) is 0 Å². The van der Waals surface area contributed by atoms with Gasteiger partial charge in [0.15, 0.2) is 0 Å². The number of nitrogens with one attached hydrogen (secondary N) is 2. The number of amides is 2. The number of benzene rings is 1. The highest BCUT2D eigenvalue weighted by atomic mass is 79.9. The van der Waals surface area contributed by atoms with Gasteiger partial charge in [-0.15, -0.1) is 0 Å². The number of carbonyl (C=O) groups is 2. The van der Waals surface area contributed by atoms with Crippen molar-refractivity contribution in [3.63, 3.8) is 0 Å². The maximum atomic E-state index is 11.9. The minimum atomic E-state index is -0.996. The predicted octanol–water partition coefficient (Wildman–Crippen LogP) is 3.60. The Labute approximate surface area is 125 Å². The van der Waals surface area contributed by atoms with Crippen molar-refractivity contribution in [1.82, 2.24) is 5.32 Å². The quantitative estimate of drug-likeness (QED) is 0.786. The van der Waals surface area contributed by atoms with Gasteiger partial charge >= 0.3 is 12.0 Å². The van der Waals surface area contributed by atoms with Crippen molar-refractivity contribution in [1.29, 1.82) is 0 Å². The largest absolute Gasteiger partial charge is 0.478 e. The Morgan fingerprint density at radius 1 is 1.20 bits per heavy atom. The lowest BCUT2D eigenvalue weighted by atomic mass is 9.96. The van der Waals surface area contributed by atoms with E-state index in [-0.39, 0.29) is 17.6 Å². The van der Waals surface area contributed by atoms with Crippen molar-refractivity contribution in [2.45, 2.75) is 38.1 Å². The van der Waals surface area contributed by atoms with Gasteiger partial charge in [-0.1, -0.05) is 19.3 Å². The smallest absolute Gasteiger partial charge is 0.335 e. The monoisotopic (exact) mass is 340 g/mol. The molecule has 0 bridgehead atoms. The third kappa shape index (κ3) is 3.96. The Bertz CT molecular complexity index is 513. The number of aromatic carboxylic acids is 1. The van der Waals surface area contributed by atoms with Crippen LogP contribution in [0.3, 0.4) is 0 Å². The number of hydrogen-bond donors (Lipinski definition) is 3. The van der Waals surface area contributed by atoms with E-state index in [4.69, 9.17) is 5.11 Å². The van der Waals surface area contributed by atoms with Gasteiger partial charge in [-0.25, -0.2) is 9.59 Å². The van der Waals surface area contributed by atoms with E-state index in [1.54, 1.807) is 6.07 Å². The molecule has 3 N–H and O–H groups in total. The van der Waals surface area contributed by atoms with Crippen LogP contribution in [0.2, 0.25) is 0 Å². The zero-order chi connectivity index (χ0) is 14.5. The molecule has 2 amide bonds. The Morgan fingerprint density at radius 2 is 1.90 bits per heavy atom. The van der Waals surface area contributed by atoms with Crippen LogP contribution in [0.4, 0.5) is 10.5 Å². The van der Waals surface area contributed by atoms with Gasteiger partial charge < -0.3 is 15.7 Å². The van der Waals surface area contributed by atoms with E-state index in [1.807, 2.05) is 0 Å². The fraction of sp³-hybridized carbons (Fsp3) is 0.429. The number of carbonyl (C=O) groups excluding carboxylic acids is 1. The van der Waals surface area contributed by atoms with E-state index in [0.29, 0.717) is 10.2 Å². The average Bonchev–Trinajstić information content (AvgIpc) is 2.42. The van der Waals surface area contributed by atoms with Crippen LogP contribution < -0.4 is 10.6 Å². The van der Waals surface area contributed by atoms with Crippen LogP contribution in [0.25, 0.3) is 0 Å². The summed E-state index contributed by atoms with van der Waals surface area (Å²) in [6.07, 6.45) is 5.59. The van der Waals surface area contributed by atoms with Crippen LogP contribution in [0, 0.1) is 0 Å². The second kappa shape index (κ2) is 6.74. The van der Waals surface area contributed by atoms with Crippen LogP contribution in [0.1, 0.15) is 42.5 Å². The van der Waals surface area contributed by atoms with Crippen LogP contribution in [0.5, 0.6) is 0 Å². The van der Waals surface area contributed by atoms with Crippen LogP contribution >= 0.6 is 15.9 Å². The molecule has 0 saturated heterocycles. The topological polar surface area (TPSA) is 78.4 Å². The van der Waals surface area contributed by atoms with Gasteiger partial charge in [0.05, 0.1) is 11.3 Å². The summed E-state index contributed by atoms with van der Waals surface area (Å²) in [5.74, 6) is -0.996. The van der Waals surface area contributed by atoms with Crippen LogP contribution in [0.15, 0.2) is 22.7 Å². The molecular formula is C14H17BrN2O3. The summed E-state index contributed by atoms with van der Waals surface area (Å²) >= 11 is 3.26. The van der Waals surface area contributed by atoms with Gasteiger partial charge in [0, 0.05) is 10.5 Å². The van der Waals surface area contributed by atoms with Gasteiger partial charge in [-0.05, 0) is 47.0 Å². The zero-order valence-corrected chi connectivity index (χ0v) is 12.6. The molecule has 0 heterocycles. The molecule has 108 valence electrons. The second-order valence-electron chi connectivity index (χ2n) is 4.93. The molecule has 1 fully saturated rings. The number of halogens is 1. The normalized spacial score (nSPS) is 15.7. The number of anilines is 1. The molecular weight excluding hydrogens is 324 g/mol. The minimum absolute atomic E-state index is 0.176. The van der Waals surface area contributed by atoms with E-state index in [2.05, 4.69) is 26.6 Å². The number of hydrogen-bond acceptors (Lipinski definition) is 2. The highest BCUT2D eigenvalue weighted by Gasteiger charge is 2.16. The van der Waals surface area contributed by atoms with E-state index in [1.165, 1.54) is 18.6 Å². The summed E-state index contributed by atoms with van der Waals surface area (Å²) < 4.78 is 0.552. The summed E-state index contributed by atoms with van der Waals surface area (Å²) in [7, 11) is 0. The standard InChI is InChI=1S/C14H17BrN2O3/c15-11-8-9(13(18)19)6-7-12(11)17-14(20)16-10-4-2-1-3-5-10/h6-8,10H,1-5H2,(H,18,19)(H2,16,17,20). The highest BCUT2D eigenvalue weighted by Crippen LogP contribution is 2.24. The molecule has 5 nitrogen and oxygen atoms in total. The van der Waals surface area contributed by atoms with E-state index >= 15 is 0 Å². The maximum absolute atomic E-state index is 11.9. The van der Waals surface area contributed by atoms with E-state index < -0.39 is 5.97 Å². The molecule has 6 heteroatoms. The second-order valence-corrected chi connectivity index (χ2v) is 5.79. The number of carboxylic acid groups (broad SMARTS) is 1. The van der Waals surface area contributed by atoms with Crippen molar-refractivity contribution >= 4 is 33.6 Å². The van der Waals surface area contributed by atoms with Crippen molar-refractivity contribution in [3.8, 4) is 0 Å². The van der Waals surface area contributed by atoms with Crippen LogP contribution in [-0.4, -0.2) is 23.1 Å². The maximum Gasteiger partial charge on any atom is 0.335 e. The van der Waals surface area contributed by atoms with Gasteiger partial charge in [0.25, 0.3) is 0 Å². The SMILES string of the molecule is O=C(Nc1ccc(C(=O)O)cc1Br)NC1CCCCC1. The molecule has 0 aromatic heterocycles. The Balaban J connectivity index is 1.95. The number of carboxylic acids is 1. The molecule has 1 aromatic carbocycles. The first-order valence-electron chi connectivity index (χ1n) is 6.66. The molecule has 0 atom stereocenters. The Hall–Kier alpha value is -1.56. The lowest BCUT2D eigenvalue weighted by Gasteiger charge is -2.23. The molecule has 0 radical (unpaired) electrons. The Morgan fingerprint density at radius 3 is 2.50 bits per heavy atom. The molecule has 1 aliphatic carbocycles. The Kier molecular flexibility index (Phi) is 5.00. The number of urea groups is 1. The minimum Gasteiger partial charge on any atom is -0.478 e. The van der Waals surface area contributed by atoms with Crippen molar-refractivity contribution in [3.05, 3.63) is 28.2 Å². The van der Waals surface area contributed by atoms with Crippen molar-refractivity contribution in [2.24, 2.45) is 0 Å². The predicted molar refractivity (Wildman–Crippen MR) is 80.1 cm³/mol. The molecule has 1 saturated carbocycles. The summed E-state index contributed by atoms with van der Waals surface area (Å²) in [6, 6.07) is 4.50. The van der Waals surface area contributed by atoms with Gasteiger partial charge in [-0.3, -0.25) is 0 Å². The lowest BCUT2D eigenvalue weighted by molar-refractivity contribution is 0.0697. The lowest BCUT2D eigenvalue weighted by Crippen LogP contribution is -2.39. The number of rotatable bonds is 3. The fourth-order valence-electron chi connectivity index (χ4n) is 2.34. The summed E-state index contributed by atoms with van der Waals surface area (Å²) in [4.78, 5) is 22.7. The summed E-state index contributed by atoms with van der Waals surface area (Å²) in [5, 5.41) is 14.6. The third-order valence-electron chi connectivity index (χ3n) is 3.40. The first-order valence-corrected chi connectivity index (χ1v) is 7.46. The zero-order valence-electron chi connectivity index (χ0n) is 11.0. The highest BCUT2D eigenvalue weighted by molar-refractivity contribution is 9.10. The molecule has 1 aliphatic rings. The molecule has 0 unspecified atom stereocenters. The van der Waals surface area contributed by atoms with Gasteiger partial charge in [-0.2, -0.15) is 0 Å². The van der Waals surface area contributed by atoms with Crippen molar-refractivity contribution in [2.75, 3.05) is 5.32 Å². The molecule has 0 aliphatic heterocycles. The molecule has 2 rings (SSSR count). The fourth-order valence-corrected chi connectivity index (χ4v) is 2.82. The first kappa shape index (κ1) is 14.8. The average molecular weight is 341 g/mol. The van der Waals surface area contributed by atoms with Gasteiger partial charge in [0.2, 0.25) is 0 Å². The molecule has 1 aromatic rings. The molecule has 0 spiro atoms. The van der Waals surface area contributed by atoms with E-state index in [0.717, 1.165) is 25.7 Å². The van der Waals surface area contributed by atoms with E-state index in [9.17, 15) is 9.59 Å². The molecule has 20 heavy (non-hydrogen) atoms. The first-order chi connectivity index (χ1) is 9.56. The van der Waals surface area contributed by atoms with Crippen molar-refractivity contribution < 1.29 is 14.7 Å². The summed E-state index contributed by atoms with van der Waals surface area (Å²) in [6.45, 7) is 0. The summed E-state index contributed by atoms with van der Waals surface area (Å²) in [5.41, 5.74) is 0.735. The third-order valence-corrected chi connectivity index (χ3v) is 4.06. The van der Waals surface area contributed by atoms with Gasteiger partial charge in [0.1, 0.15) is 0 Å².